The van der Waals surface area contributed by atoms with E-state index in [1.807, 2.05) is 29.6 Å². The average Bonchev–Trinajstić information content (AvgIpc) is 3.27. The summed E-state index contributed by atoms with van der Waals surface area (Å²) in [6, 6.07) is 18.8. The van der Waals surface area contributed by atoms with Gasteiger partial charge in [0.05, 0.1) is 11.0 Å². The van der Waals surface area contributed by atoms with Gasteiger partial charge in [-0.05, 0) is 30.5 Å². The third kappa shape index (κ3) is 2.95. The first-order chi connectivity index (χ1) is 12.6. The number of nitro groups is 1. The number of hydrogen-bond donors (Lipinski definition) is 2. The first-order valence-electron chi connectivity index (χ1n) is 8.25. The molecule has 0 aliphatic carbocycles. The number of H-pyrrole nitrogens is 1. The first kappa shape index (κ1) is 16.4. The lowest BCUT2D eigenvalue weighted by Gasteiger charge is -2.20. The Kier molecular flexibility index (Phi) is 4.18. The zero-order valence-electron chi connectivity index (χ0n) is 14.1. The van der Waals surface area contributed by atoms with Crippen molar-refractivity contribution in [3.63, 3.8) is 0 Å². The summed E-state index contributed by atoms with van der Waals surface area (Å²) in [6.07, 6.45) is 0. The molecule has 1 unspecified atom stereocenters. The molecule has 0 saturated heterocycles. The molecule has 2 N–H and O–H groups in total. The van der Waals surface area contributed by atoms with Gasteiger partial charge in [-0.25, -0.2) is 0 Å². The quantitative estimate of drug-likeness (QED) is 0.356. The van der Waals surface area contributed by atoms with E-state index in [-0.39, 0.29) is 16.7 Å². The number of nitrogens with zero attached hydrogens (tertiary/aromatic N) is 1. The lowest BCUT2D eigenvalue weighted by Crippen LogP contribution is -2.12. The van der Waals surface area contributed by atoms with Crippen molar-refractivity contribution in [3.05, 3.63) is 92.3 Å². The molecule has 0 amide bonds. The van der Waals surface area contributed by atoms with Crippen LogP contribution in [0.2, 0.25) is 0 Å². The van der Waals surface area contributed by atoms with Crippen LogP contribution < -0.4 is 5.32 Å². The Balaban J connectivity index is 1.82. The molecule has 0 saturated carbocycles. The van der Waals surface area contributed by atoms with Crippen LogP contribution in [-0.4, -0.2) is 9.91 Å². The molecule has 0 aliphatic rings. The van der Waals surface area contributed by atoms with E-state index in [2.05, 4.69) is 35.4 Å². The summed E-state index contributed by atoms with van der Waals surface area (Å²) in [6.45, 7) is 2.06. The number of para-hydroxylation sites is 1. The number of benzene rings is 2. The van der Waals surface area contributed by atoms with Gasteiger partial charge in [-0.3, -0.25) is 10.1 Å². The third-order valence-electron chi connectivity index (χ3n) is 4.43. The van der Waals surface area contributed by atoms with Gasteiger partial charge in [0, 0.05) is 44.9 Å². The van der Waals surface area contributed by atoms with E-state index in [4.69, 9.17) is 0 Å². The molecule has 0 spiro atoms. The van der Waals surface area contributed by atoms with Crippen LogP contribution in [0.25, 0.3) is 10.9 Å². The Morgan fingerprint density at radius 3 is 2.73 bits per heavy atom. The van der Waals surface area contributed by atoms with Crippen LogP contribution in [-0.2, 0) is 0 Å². The predicted molar refractivity (Wildman–Crippen MR) is 106 cm³/mol. The van der Waals surface area contributed by atoms with Crippen molar-refractivity contribution in [2.24, 2.45) is 0 Å². The molecule has 26 heavy (non-hydrogen) atoms. The highest BCUT2D eigenvalue weighted by Crippen LogP contribution is 2.36. The van der Waals surface area contributed by atoms with Gasteiger partial charge in [0.2, 0.25) is 0 Å². The Hall–Kier alpha value is -3.12. The minimum Gasteiger partial charge on any atom is -0.373 e. The zero-order chi connectivity index (χ0) is 18.1. The van der Waals surface area contributed by atoms with E-state index in [0.29, 0.717) is 0 Å². The lowest BCUT2D eigenvalue weighted by atomic mass is 10.0. The van der Waals surface area contributed by atoms with E-state index in [1.54, 1.807) is 23.5 Å². The summed E-state index contributed by atoms with van der Waals surface area (Å²) in [4.78, 5) is 15.3. The van der Waals surface area contributed by atoms with Crippen molar-refractivity contribution in [2.75, 3.05) is 5.32 Å². The first-order valence-corrected chi connectivity index (χ1v) is 9.13. The lowest BCUT2D eigenvalue weighted by molar-refractivity contribution is -0.384. The number of rotatable bonds is 5. The maximum atomic E-state index is 11.1. The number of fused-ring (bicyclic) bond motifs is 1. The Bertz CT molecular complexity index is 1070. The minimum absolute atomic E-state index is 0.0792. The van der Waals surface area contributed by atoms with Gasteiger partial charge in [0.15, 0.2) is 0 Å². The number of non-ortho nitro benzene ring substituents is 1. The molecule has 0 aliphatic heterocycles. The molecule has 0 fully saturated rings. The van der Waals surface area contributed by atoms with Crippen LogP contribution in [0.5, 0.6) is 0 Å². The standard InChI is InChI=1S/C20H17N3O2S/c1-13-19(16-8-2-3-9-17(16)21-13)20(18-10-5-11-26-18)22-14-6-4-7-15(12-14)23(24)25/h2-12,20-22H,1H3. The van der Waals surface area contributed by atoms with E-state index < -0.39 is 0 Å². The van der Waals surface area contributed by atoms with Gasteiger partial charge in [-0.1, -0.05) is 30.3 Å². The predicted octanol–water partition coefficient (Wildman–Crippen LogP) is 5.65. The highest BCUT2D eigenvalue weighted by atomic mass is 32.1. The zero-order valence-corrected chi connectivity index (χ0v) is 14.9. The number of aromatic amines is 1. The average molecular weight is 363 g/mol. The fourth-order valence-corrected chi connectivity index (χ4v) is 4.07. The van der Waals surface area contributed by atoms with Crippen LogP contribution in [0, 0.1) is 17.0 Å². The topological polar surface area (TPSA) is 71.0 Å². The summed E-state index contributed by atoms with van der Waals surface area (Å²) in [5.41, 5.74) is 4.14. The molecule has 2 heterocycles. The van der Waals surface area contributed by atoms with Gasteiger partial charge in [0.1, 0.15) is 0 Å². The normalized spacial score (nSPS) is 12.2. The molecule has 1 atom stereocenters. The highest BCUT2D eigenvalue weighted by molar-refractivity contribution is 7.10. The second-order valence-corrected chi connectivity index (χ2v) is 7.09. The largest absolute Gasteiger partial charge is 0.373 e. The van der Waals surface area contributed by atoms with Crippen LogP contribution in [0.3, 0.4) is 0 Å². The van der Waals surface area contributed by atoms with Gasteiger partial charge < -0.3 is 10.3 Å². The van der Waals surface area contributed by atoms with Crippen molar-refractivity contribution in [3.8, 4) is 0 Å². The van der Waals surface area contributed by atoms with Crippen molar-refractivity contribution in [2.45, 2.75) is 13.0 Å². The number of aromatic nitrogens is 1. The molecule has 0 bridgehead atoms. The van der Waals surface area contributed by atoms with Crippen LogP contribution >= 0.6 is 11.3 Å². The number of thiophene rings is 1. The van der Waals surface area contributed by atoms with Crippen LogP contribution in [0.15, 0.2) is 66.0 Å². The second kappa shape index (κ2) is 6.65. The maximum absolute atomic E-state index is 11.1. The smallest absolute Gasteiger partial charge is 0.271 e. The SMILES string of the molecule is Cc1[nH]c2ccccc2c1C(Nc1cccc([N+](=O)[O-])c1)c1cccs1. The van der Waals surface area contributed by atoms with Gasteiger partial charge >= 0.3 is 0 Å². The minimum atomic E-state index is -0.373. The fraction of sp³-hybridized carbons (Fsp3) is 0.100. The number of hydrogen-bond acceptors (Lipinski definition) is 4. The Labute approximate surface area is 154 Å². The molecule has 6 heteroatoms. The third-order valence-corrected chi connectivity index (χ3v) is 5.36. The molecule has 5 nitrogen and oxygen atoms in total. The molecule has 130 valence electrons. The van der Waals surface area contributed by atoms with Crippen molar-refractivity contribution < 1.29 is 4.92 Å². The molecule has 4 rings (SSSR count). The summed E-state index contributed by atoms with van der Waals surface area (Å²) in [5, 5.41) is 17.8. The molecular weight excluding hydrogens is 346 g/mol. The van der Waals surface area contributed by atoms with Gasteiger partial charge in [-0.15, -0.1) is 11.3 Å². The van der Waals surface area contributed by atoms with E-state index in [1.165, 1.54) is 6.07 Å². The maximum Gasteiger partial charge on any atom is 0.271 e. The molecule has 2 aromatic heterocycles. The van der Waals surface area contributed by atoms with Crippen molar-refractivity contribution in [1.29, 1.82) is 0 Å². The second-order valence-electron chi connectivity index (χ2n) is 6.11. The van der Waals surface area contributed by atoms with E-state index in [0.717, 1.165) is 32.7 Å². The Morgan fingerprint density at radius 2 is 1.96 bits per heavy atom. The van der Waals surface area contributed by atoms with Crippen LogP contribution in [0.1, 0.15) is 22.2 Å². The van der Waals surface area contributed by atoms with Gasteiger partial charge in [0.25, 0.3) is 5.69 Å². The fourth-order valence-electron chi connectivity index (χ4n) is 3.29. The summed E-state index contributed by atoms with van der Waals surface area (Å²) >= 11 is 1.67. The number of aryl methyl sites for hydroxylation is 1. The summed E-state index contributed by atoms with van der Waals surface area (Å²) < 4.78 is 0. The van der Waals surface area contributed by atoms with Crippen molar-refractivity contribution in [1.82, 2.24) is 4.98 Å². The number of nitro benzene ring substituents is 1. The van der Waals surface area contributed by atoms with Crippen LogP contribution in [0.4, 0.5) is 11.4 Å². The number of nitrogens with one attached hydrogen (secondary N) is 2. The molecule has 2 aromatic carbocycles. The monoisotopic (exact) mass is 363 g/mol. The molecule has 0 radical (unpaired) electrons. The highest BCUT2D eigenvalue weighted by Gasteiger charge is 2.22. The number of anilines is 1. The van der Waals surface area contributed by atoms with E-state index in [9.17, 15) is 10.1 Å². The van der Waals surface area contributed by atoms with Gasteiger partial charge in [-0.2, -0.15) is 0 Å². The van der Waals surface area contributed by atoms with Crippen molar-refractivity contribution >= 4 is 33.6 Å². The Morgan fingerprint density at radius 1 is 1.12 bits per heavy atom. The van der Waals surface area contributed by atoms with E-state index >= 15 is 0 Å². The summed E-state index contributed by atoms with van der Waals surface area (Å²) in [7, 11) is 0. The molecular formula is C20H17N3O2S. The summed E-state index contributed by atoms with van der Waals surface area (Å²) in [5.74, 6) is 0. The molecule has 4 aromatic rings.